The van der Waals surface area contributed by atoms with Gasteiger partial charge in [-0.25, -0.2) is 5.32 Å². The van der Waals surface area contributed by atoms with Crippen molar-refractivity contribution >= 4 is 0 Å². The van der Waals surface area contributed by atoms with Crippen LogP contribution < -0.4 is 5.32 Å². The van der Waals surface area contributed by atoms with Crippen LogP contribution in [-0.4, -0.2) is 13.1 Å². The van der Waals surface area contributed by atoms with Gasteiger partial charge in [-0.2, -0.15) is 0 Å². The molecule has 1 saturated heterocycles. The Hall–Kier alpha value is -0.300. The molecule has 1 aliphatic carbocycles. The Kier molecular flexibility index (Phi) is 0.908. The average molecular weight is 108 g/mol. The van der Waals surface area contributed by atoms with E-state index in [1.54, 1.807) is 0 Å². The maximum atomic E-state index is 4.32. The predicted molar refractivity (Wildman–Crippen MR) is 32.6 cm³/mol. The number of fused-ring (bicyclic) bond motifs is 1. The fraction of sp³-hybridized carbons (Fsp3) is 0.714. The van der Waals surface area contributed by atoms with Crippen LogP contribution in [0.3, 0.4) is 0 Å². The van der Waals surface area contributed by atoms with Crippen molar-refractivity contribution in [1.82, 2.24) is 5.32 Å². The first-order valence-corrected chi connectivity index (χ1v) is 3.27. The van der Waals surface area contributed by atoms with Crippen molar-refractivity contribution in [3.63, 3.8) is 0 Å². The summed E-state index contributed by atoms with van der Waals surface area (Å²) in [6.45, 7) is 2.22. The molecule has 2 unspecified atom stereocenters. The topological polar surface area (TPSA) is 14.1 Å². The fourth-order valence-electron chi connectivity index (χ4n) is 1.57. The molecule has 2 atom stereocenters. The number of allylic oxidation sites excluding steroid dienone is 1. The van der Waals surface area contributed by atoms with Crippen molar-refractivity contribution in [2.45, 2.75) is 6.42 Å². The molecule has 0 N–H and O–H groups in total. The zero-order valence-electron chi connectivity index (χ0n) is 4.88. The van der Waals surface area contributed by atoms with Crippen molar-refractivity contribution in [3.05, 3.63) is 12.2 Å². The third-order valence-electron chi connectivity index (χ3n) is 2.13. The molecule has 1 fully saturated rings. The van der Waals surface area contributed by atoms with Gasteiger partial charge in [0, 0.05) is 13.1 Å². The molecular formula is C7H10N. The molecular weight excluding hydrogens is 98.1 g/mol. The summed E-state index contributed by atoms with van der Waals surface area (Å²) in [6.07, 6.45) is 5.90. The fourth-order valence-corrected chi connectivity index (χ4v) is 1.57. The van der Waals surface area contributed by atoms with Crippen molar-refractivity contribution in [1.29, 1.82) is 0 Å². The monoisotopic (exact) mass is 108 g/mol. The standard InChI is InChI=1S/C7H10N/c1-2-6-4-8-5-7(6)3-1/h1-2,6-7H,3-5H2. The number of nitrogens with zero attached hydrogens (tertiary/aromatic N) is 1. The molecule has 1 radical (unpaired) electrons. The minimum atomic E-state index is 0.829. The summed E-state index contributed by atoms with van der Waals surface area (Å²) in [5, 5.41) is 4.32. The van der Waals surface area contributed by atoms with Gasteiger partial charge in [-0.3, -0.25) is 0 Å². The van der Waals surface area contributed by atoms with Crippen LogP contribution in [-0.2, 0) is 0 Å². The van der Waals surface area contributed by atoms with E-state index in [9.17, 15) is 0 Å². The van der Waals surface area contributed by atoms with E-state index in [0.717, 1.165) is 24.9 Å². The molecule has 0 amide bonds. The third kappa shape index (κ3) is 0.511. The summed E-state index contributed by atoms with van der Waals surface area (Å²) in [5.41, 5.74) is 0. The van der Waals surface area contributed by atoms with Gasteiger partial charge in [0.05, 0.1) is 0 Å². The number of hydrogen-bond donors (Lipinski definition) is 0. The first-order chi connectivity index (χ1) is 3.97. The van der Waals surface area contributed by atoms with Crippen LogP contribution in [0.15, 0.2) is 12.2 Å². The molecule has 1 heteroatoms. The molecule has 0 aromatic rings. The Labute approximate surface area is 49.8 Å². The van der Waals surface area contributed by atoms with Gasteiger partial charge in [0.1, 0.15) is 0 Å². The van der Waals surface area contributed by atoms with E-state index in [1.807, 2.05) is 0 Å². The lowest BCUT2D eigenvalue weighted by molar-refractivity contribution is 0.534. The maximum Gasteiger partial charge on any atom is 0.0199 e. The summed E-state index contributed by atoms with van der Waals surface area (Å²) < 4.78 is 0. The molecule has 43 valence electrons. The summed E-state index contributed by atoms with van der Waals surface area (Å²) >= 11 is 0. The summed E-state index contributed by atoms with van der Waals surface area (Å²) in [5.74, 6) is 1.73. The highest BCUT2D eigenvalue weighted by Crippen LogP contribution is 2.28. The smallest absolute Gasteiger partial charge is 0.0199 e. The Morgan fingerprint density at radius 2 is 2.38 bits per heavy atom. The van der Waals surface area contributed by atoms with Gasteiger partial charge in [0.2, 0.25) is 0 Å². The third-order valence-corrected chi connectivity index (χ3v) is 2.13. The lowest BCUT2D eigenvalue weighted by atomic mass is 10.0. The van der Waals surface area contributed by atoms with Crippen LogP contribution in [0.5, 0.6) is 0 Å². The van der Waals surface area contributed by atoms with E-state index in [0.29, 0.717) is 0 Å². The van der Waals surface area contributed by atoms with Crippen LogP contribution in [0.1, 0.15) is 6.42 Å². The summed E-state index contributed by atoms with van der Waals surface area (Å²) in [6, 6.07) is 0. The van der Waals surface area contributed by atoms with E-state index < -0.39 is 0 Å². The van der Waals surface area contributed by atoms with Crippen molar-refractivity contribution in [2.75, 3.05) is 13.1 Å². The van der Waals surface area contributed by atoms with Gasteiger partial charge >= 0.3 is 0 Å². The largest absolute Gasteiger partial charge is 0.241 e. The molecule has 1 aliphatic heterocycles. The Morgan fingerprint density at radius 1 is 1.38 bits per heavy atom. The molecule has 2 aliphatic rings. The quantitative estimate of drug-likeness (QED) is 0.407. The minimum absolute atomic E-state index is 0.829. The lowest BCUT2D eigenvalue weighted by Crippen LogP contribution is -2.02. The van der Waals surface area contributed by atoms with Gasteiger partial charge < -0.3 is 0 Å². The molecule has 0 saturated carbocycles. The van der Waals surface area contributed by atoms with Crippen molar-refractivity contribution < 1.29 is 0 Å². The first-order valence-electron chi connectivity index (χ1n) is 3.27. The molecule has 0 aromatic heterocycles. The highest BCUT2D eigenvalue weighted by atomic mass is 14.9. The van der Waals surface area contributed by atoms with Gasteiger partial charge in [-0.05, 0) is 18.3 Å². The van der Waals surface area contributed by atoms with Gasteiger partial charge in [0.25, 0.3) is 0 Å². The molecule has 0 aromatic carbocycles. The second-order valence-corrected chi connectivity index (χ2v) is 2.68. The second kappa shape index (κ2) is 1.59. The maximum absolute atomic E-state index is 4.32. The minimum Gasteiger partial charge on any atom is -0.241 e. The van der Waals surface area contributed by atoms with Crippen LogP contribution in [0.25, 0.3) is 0 Å². The Balaban J connectivity index is 2.13. The van der Waals surface area contributed by atoms with E-state index >= 15 is 0 Å². The van der Waals surface area contributed by atoms with E-state index in [4.69, 9.17) is 0 Å². The molecule has 1 nitrogen and oxygen atoms in total. The van der Waals surface area contributed by atoms with Crippen molar-refractivity contribution in [2.24, 2.45) is 11.8 Å². The van der Waals surface area contributed by atoms with Gasteiger partial charge in [-0.1, -0.05) is 12.2 Å². The van der Waals surface area contributed by atoms with Crippen molar-refractivity contribution in [3.8, 4) is 0 Å². The molecule has 0 bridgehead atoms. The normalized spacial score (nSPS) is 43.0. The SMILES string of the molecule is C1=CC2C[N]CC2C1. The van der Waals surface area contributed by atoms with E-state index in [2.05, 4.69) is 17.5 Å². The van der Waals surface area contributed by atoms with Gasteiger partial charge in [-0.15, -0.1) is 0 Å². The van der Waals surface area contributed by atoms with Crippen LogP contribution in [0, 0.1) is 11.8 Å². The number of hydrogen-bond acceptors (Lipinski definition) is 0. The van der Waals surface area contributed by atoms with E-state index in [1.165, 1.54) is 6.42 Å². The van der Waals surface area contributed by atoms with E-state index in [-0.39, 0.29) is 0 Å². The van der Waals surface area contributed by atoms with Crippen LogP contribution >= 0.6 is 0 Å². The predicted octanol–water partition coefficient (Wildman–Crippen LogP) is 0.797. The molecule has 1 heterocycles. The molecule has 2 rings (SSSR count). The highest BCUT2D eigenvalue weighted by molar-refractivity contribution is 5.05. The first kappa shape index (κ1) is 4.57. The summed E-state index contributed by atoms with van der Waals surface area (Å²) in [7, 11) is 0. The van der Waals surface area contributed by atoms with Gasteiger partial charge in [0.15, 0.2) is 0 Å². The average Bonchev–Trinajstić information content (AvgIpc) is 2.15. The lowest BCUT2D eigenvalue weighted by Gasteiger charge is -2.02. The highest BCUT2D eigenvalue weighted by Gasteiger charge is 2.27. The van der Waals surface area contributed by atoms with Crippen LogP contribution in [0.4, 0.5) is 0 Å². The Bertz CT molecular complexity index is 118. The summed E-state index contributed by atoms with van der Waals surface area (Å²) in [4.78, 5) is 0. The zero-order chi connectivity index (χ0) is 5.40. The molecule has 0 spiro atoms. The number of rotatable bonds is 0. The second-order valence-electron chi connectivity index (χ2n) is 2.68. The Morgan fingerprint density at radius 3 is 3.25 bits per heavy atom. The van der Waals surface area contributed by atoms with Crippen LogP contribution in [0.2, 0.25) is 0 Å². The molecule has 8 heavy (non-hydrogen) atoms. The zero-order valence-corrected chi connectivity index (χ0v) is 4.88.